The van der Waals surface area contributed by atoms with Gasteiger partial charge in [-0.2, -0.15) is 0 Å². The second-order valence-corrected chi connectivity index (χ2v) is 5.71. The number of nitrogens with one attached hydrogen (secondary N) is 1. The highest BCUT2D eigenvalue weighted by Gasteiger charge is 2.10. The van der Waals surface area contributed by atoms with Crippen LogP contribution in [-0.2, 0) is 11.8 Å². The lowest BCUT2D eigenvalue weighted by atomic mass is 10.1. The van der Waals surface area contributed by atoms with E-state index >= 15 is 0 Å². The topological polar surface area (TPSA) is 63.1 Å². The lowest BCUT2D eigenvalue weighted by Gasteiger charge is -2.26. The highest BCUT2D eigenvalue weighted by molar-refractivity contribution is 7.99. The Bertz CT molecular complexity index is 403. The van der Waals surface area contributed by atoms with Gasteiger partial charge in [-0.25, -0.2) is 0 Å². The minimum atomic E-state index is 0.0602. The molecule has 0 atom stereocenters. The van der Waals surface area contributed by atoms with Gasteiger partial charge in [-0.3, -0.25) is 4.79 Å². The first-order valence-electron chi connectivity index (χ1n) is 6.71. The predicted molar refractivity (Wildman–Crippen MR) is 75.0 cm³/mol. The van der Waals surface area contributed by atoms with E-state index in [1.807, 2.05) is 11.6 Å². The molecule has 0 radical (unpaired) electrons. The van der Waals surface area contributed by atoms with Crippen molar-refractivity contribution in [2.45, 2.75) is 24.4 Å². The van der Waals surface area contributed by atoms with E-state index in [4.69, 9.17) is 0 Å². The highest BCUT2D eigenvalue weighted by Crippen LogP contribution is 2.12. The van der Waals surface area contributed by atoms with Crippen LogP contribution in [0.2, 0.25) is 0 Å². The van der Waals surface area contributed by atoms with Gasteiger partial charge in [-0.15, -0.1) is 10.2 Å². The first-order chi connectivity index (χ1) is 9.25. The van der Waals surface area contributed by atoms with Gasteiger partial charge >= 0.3 is 0 Å². The van der Waals surface area contributed by atoms with Gasteiger partial charge in [0.2, 0.25) is 5.91 Å². The molecular weight excluding hydrogens is 262 g/mol. The van der Waals surface area contributed by atoms with E-state index in [0.717, 1.165) is 18.2 Å². The molecular formula is C12H21N5OS. The molecule has 19 heavy (non-hydrogen) atoms. The van der Waals surface area contributed by atoms with Gasteiger partial charge < -0.3 is 14.8 Å². The van der Waals surface area contributed by atoms with Crippen LogP contribution in [0.1, 0.15) is 19.3 Å². The summed E-state index contributed by atoms with van der Waals surface area (Å²) in [6.07, 6.45) is 5.56. The van der Waals surface area contributed by atoms with E-state index in [0.29, 0.717) is 5.75 Å². The molecule has 1 aromatic rings. The molecule has 106 valence electrons. The SMILES string of the molecule is Cn1cnnc1SCC(=O)NCCN1CCCCC1. The number of aryl methyl sites for hydroxylation is 1. The van der Waals surface area contributed by atoms with E-state index in [1.54, 1.807) is 6.33 Å². The van der Waals surface area contributed by atoms with Gasteiger partial charge in [0.25, 0.3) is 0 Å². The fourth-order valence-electron chi connectivity index (χ4n) is 2.12. The molecule has 0 aliphatic carbocycles. The Morgan fingerprint density at radius 3 is 2.89 bits per heavy atom. The van der Waals surface area contributed by atoms with Crippen molar-refractivity contribution < 1.29 is 4.79 Å². The maximum atomic E-state index is 11.7. The summed E-state index contributed by atoms with van der Waals surface area (Å²) in [4.78, 5) is 14.1. The predicted octanol–water partition coefficient (Wildman–Crippen LogP) is 0.509. The van der Waals surface area contributed by atoms with Gasteiger partial charge in [-0.05, 0) is 25.9 Å². The quantitative estimate of drug-likeness (QED) is 0.771. The molecule has 0 bridgehead atoms. The number of carbonyl (C=O) groups excluding carboxylic acids is 1. The van der Waals surface area contributed by atoms with Crippen LogP contribution in [0.5, 0.6) is 0 Å². The third-order valence-electron chi connectivity index (χ3n) is 3.20. The van der Waals surface area contributed by atoms with Crippen molar-refractivity contribution in [2.75, 3.05) is 31.9 Å². The number of nitrogens with zero attached hydrogens (tertiary/aromatic N) is 4. The summed E-state index contributed by atoms with van der Waals surface area (Å²) in [6, 6.07) is 0. The molecule has 0 unspecified atom stereocenters. The monoisotopic (exact) mass is 283 g/mol. The van der Waals surface area contributed by atoms with E-state index in [9.17, 15) is 4.79 Å². The first-order valence-corrected chi connectivity index (χ1v) is 7.70. The maximum Gasteiger partial charge on any atom is 0.230 e. The fraction of sp³-hybridized carbons (Fsp3) is 0.750. The van der Waals surface area contributed by atoms with Gasteiger partial charge in [0.15, 0.2) is 5.16 Å². The van der Waals surface area contributed by atoms with Crippen LogP contribution in [0.25, 0.3) is 0 Å². The Kier molecular flexibility index (Phi) is 5.65. The summed E-state index contributed by atoms with van der Waals surface area (Å²) in [5.74, 6) is 0.456. The van der Waals surface area contributed by atoms with Crippen molar-refractivity contribution in [1.29, 1.82) is 0 Å². The number of piperidine rings is 1. The summed E-state index contributed by atoms with van der Waals surface area (Å²) >= 11 is 1.41. The number of hydrogen-bond donors (Lipinski definition) is 1. The smallest absolute Gasteiger partial charge is 0.230 e. The molecule has 0 spiro atoms. The largest absolute Gasteiger partial charge is 0.354 e. The summed E-state index contributed by atoms with van der Waals surface area (Å²) < 4.78 is 1.81. The standard InChI is InChI=1S/C12H21N5OS/c1-16-10-14-15-12(16)19-9-11(18)13-5-8-17-6-3-2-4-7-17/h10H,2-9H2,1H3,(H,13,18). The average molecular weight is 283 g/mol. The molecule has 1 amide bonds. The van der Waals surface area contributed by atoms with Crippen LogP contribution >= 0.6 is 11.8 Å². The summed E-state index contributed by atoms with van der Waals surface area (Å²) in [6.45, 7) is 4.03. The van der Waals surface area contributed by atoms with Crippen LogP contribution < -0.4 is 5.32 Å². The number of amides is 1. The molecule has 1 aliphatic heterocycles. The van der Waals surface area contributed by atoms with Crippen LogP contribution in [0, 0.1) is 0 Å². The lowest BCUT2D eigenvalue weighted by molar-refractivity contribution is -0.118. The van der Waals surface area contributed by atoms with Crippen LogP contribution in [0.15, 0.2) is 11.5 Å². The first kappa shape index (κ1) is 14.3. The molecule has 0 saturated carbocycles. The second-order valence-electron chi connectivity index (χ2n) is 4.77. The highest BCUT2D eigenvalue weighted by atomic mass is 32.2. The molecule has 1 N–H and O–H groups in total. The van der Waals surface area contributed by atoms with Crippen molar-refractivity contribution in [3.05, 3.63) is 6.33 Å². The minimum Gasteiger partial charge on any atom is -0.354 e. The lowest BCUT2D eigenvalue weighted by Crippen LogP contribution is -2.38. The number of carbonyl (C=O) groups is 1. The third-order valence-corrected chi connectivity index (χ3v) is 4.24. The van der Waals surface area contributed by atoms with E-state index in [-0.39, 0.29) is 5.91 Å². The van der Waals surface area contributed by atoms with Crippen LogP contribution in [0.3, 0.4) is 0 Å². The third kappa shape index (κ3) is 4.83. The Hall–Kier alpha value is -1.08. The van der Waals surface area contributed by atoms with Crippen molar-refractivity contribution >= 4 is 17.7 Å². The van der Waals surface area contributed by atoms with Crippen molar-refractivity contribution in [3.63, 3.8) is 0 Å². The summed E-state index contributed by atoms with van der Waals surface area (Å²) in [5, 5.41) is 11.4. The Balaban J connectivity index is 1.58. The zero-order valence-corrected chi connectivity index (χ0v) is 12.2. The van der Waals surface area contributed by atoms with Gasteiger partial charge in [0.1, 0.15) is 6.33 Å². The molecule has 2 heterocycles. The Morgan fingerprint density at radius 1 is 1.42 bits per heavy atom. The minimum absolute atomic E-state index is 0.0602. The average Bonchev–Trinajstić information content (AvgIpc) is 2.83. The number of aromatic nitrogens is 3. The zero-order valence-electron chi connectivity index (χ0n) is 11.3. The number of thioether (sulfide) groups is 1. The summed E-state index contributed by atoms with van der Waals surface area (Å²) in [7, 11) is 1.87. The molecule has 1 aliphatic rings. The van der Waals surface area contributed by atoms with Crippen molar-refractivity contribution in [2.24, 2.45) is 7.05 Å². The number of hydrogen-bond acceptors (Lipinski definition) is 5. The van der Waals surface area contributed by atoms with Gasteiger partial charge in [0.05, 0.1) is 5.75 Å². The Morgan fingerprint density at radius 2 is 2.21 bits per heavy atom. The molecule has 7 heteroatoms. The van der Waals surface area contributed by atoms with Crippen LogP contribution in [0.4, 0.5) is 0 Å². The molecule has 1 fully saturated rings. The van der Waals surface area contributed by atoms with E-state index in [2.05, 4.69) is 20.4 Å². The molecule has 0 aromatic carbocycles. The Labute approximate surface area is 117 Å². The number of likely N-dealkylation sites (tertiary alicyclic amines) is 1. The number of rotatable bonds is 6. The summed E-state index contributed by atoms with van der Waals surface area (Å²) in [5.41, 5.74) is 0. The molecule has 1 aromatic heterocycles. The van der Waals surface area contributed by atoms with Gasteiger partial charge in [-0.1, -0.05) is 18.2 Å². The molecule has 1 saturated heterocycles. The maximum absolute atomic E-state index is 11.7. The van der Waals surface area contributed by atoms with Crippen molar-refractivity contribution in [1.82, 2.24) is 25.0 Å². The van der Waals surface area contributed by atoms with Gasteiger partial charge in [0, 0.05) is 20.1 Å². The fourth-order valence-corrected chi connectivity index (χ4v) is 2.84. The van der Waals surface area contributed by atoms with Crippen molar-refractivity contribution in [3.8, 4) is 0 Å². The van der Waals surface area contributed by atoms with E-state index < -0.39 is 0 Å². The van der Waals surface area contributed by atoms with Crippen LogP contribution in [-0.4, -0.2) is 57.5 Å². The second kappa shape index (κ2) is 7.49. The molecule has 6 nitrogen and oxygen atoms in total. The molecule has 2 rings (SSSR count). The normalized spacial score (nSPS) is 16.5. The van der Waals surface area contributed by atoms with E-state index in [1.165, 1.54) is 44.1 Å². The zero-order chi connectivity index (χ0) is 13.5.